The molecule has 0 fully saturated rings. The number of thiazole rings is 1. The lowest BCUT2D eigenvalue weighted by Gasteiger charge is -2.11. The zero-order chi connectivity index (χ0) is 20.6. The van der Waals surface area contributed by atoms with Crippen molar-refractivity contribution in [3.05, 3.63) is 75.7 Å². The summed E-state index contributed by atoms with van der Waals surface area (Å²) < 4.78 is 5.71. The van der Waals surface area contributed by atoms with Crippen LogP contribution >= 0.6 is 11.3 Å². The maximum Gasteiger partial charge on any atom is 0.251 e. The lowest BCUT2D eigenvalue weighted by molar-refractivity contribution is -0.115. The molecule has 6 nitrogen and oxygen atoms in total. The molecule has 0 aliphatic heterocycles. The summed E-state index contributed by atoms with van der Waals surface area (Å²) in [6, 6.07) is 14.5. The summed E-state index contributed by atoms with van der Waals surface area (Å²) >= 11 is 1.57. The Bertz CT molecular complexity index is 1000. The number of carbonyl (C=O) groups excluding carboxylic acids is 2. The largest absolute Gasteiger partial charge is 0.487 e. The van der Waals surface area contributed by atoms with Gasteiger partial charge in [-0.25, -0.2) is 4.98 Å². The molecule has 0 bridgehead atoms. The summed E-state index contributed by atoms with van der Waals surface area (Å²) in [5.74, 6) is -0.0333. The van der Waals surface area contributed by atoms with E-state index in [9.17, 15) is 9.59 Å². The van der Waals surface area contributed by atoms with Gasteiger partial charge in [0.1, 0.15) is 12.4 Å². The highest BCUT2D eigenvalue weighted by molar-refractivity contribution is 7.09. The summed E-state index contributed by atoms with van der Waals surface area (Å²) in [6.45, 7) is 4.20. The fourth-order valence-corrected chi connectivity index (χ4v) is 3.36. The van der Waals surface area contributed by atoms with Gasteiger partial charge >= 0.3 is 0 Å². The Morgan fingerprint density at radius 1 is 1.14 bits per heavy atom. The van der Waals surface area contributed by atoms with Crippen LogP contribution in [0.3, 0.4) is 0 Å². The molecule has 150 valence electrons. The van der Waals surface area contributed by atoms with E-state index in [1.54, 1.807) is 35.6 Å². The van der Waals surface area contributed by atoms with E-state index in [1.165, 1.54) is 0 Å². The van der Waals surface area contributed by atoms with Crippen LogP contribution in [0.4, 0.5) is 5.69 Å². The highest BCUT2D eigenvalue weighted by atomic mass is 32.1. The van der Waals surface area contributed by atoms with Crippen molar-refractivity contribution in [1.82, 2.24) is 10.3 Å². The summed E-state index contributed by atoms with van der Waals surface area (Å²) in [5.41, 5.74) is 3.10. The van der Waals surface area contributed by atoms with Crippen molar-refractivity contribution < 1.29 is 14.3 Å². The Morgan fingerprint density at radius 3 is 2.72 bits per heavy atom. The SMILES string of the molecule is CCc1ccccc1NC(=O)CNC(=O)c1cccc(OCc2csc(C)n2)c1. The molecule has 2 N–H and O–H groups in total. The number of anilines is 1. The lowest BCUT2D eigenvalue weighted by Crippen LogP contribution is -2.33. The minimum absolute atomic E-state index is 0.111. The molecule has 7 heteroatoms. The summed E-state index contributed by atoms with van der Waals surface area (Å²) in [7, 11) is 0. The normalized spacial score (nSPS) is 10.4. The average Bonchev–Trinajstić information content (AvgIpc) is 3.16. The fraction of sp³-hybridized carbons (Fsp3) is 0.227. The molecule has 0 atom stereocenters. The van der Waals surface area contributed by atoms with Gasteiger partial charge in [-0.1, -0.05) is 31.2 Å². The van der Waals surface area contributed by atoms with E-state index in [0.29, 0.717) is 17.9 Å². The van der Waals surface area contributed by atoms with Crippen LogP contribution in [0.2, 0.25) is 0 Å². The minimum Gasteiger partial charge on any atom is -0.487 e. The Balaban J connectivity index is 1.53. The Labute approximate surface area is 173 Å². The molecule has 0 aliphatic carbocycles. The van der Waals surface area contributed by atoms with Crippen LogP contribution in [0.1, 0.15) is 33.5 Å². The van der Waals surface area contributed by atoms with Crippen LogP contribution in [-0.4, -0.2) is 23.3 Å². The van der Waals surface area contributed by atoms with Gasteiger partial charge in [0, 0.05) is 16.6 Å². The third-order valence-corrected chi connectivity index (χ3v) is 5.05. The van der Waals surface area contributed by atoms with Crippen LogP contribution in [0.15, 0.2) is 53.9 Å². The van der Waals surface area contributed by atoms with E-state index in [0.717, 1.165) is 28.4 Å². The highest BCUT2D eigenvalue weighted by Gasteiger charge is 2.11. The van der Waals surface area contributed by atoms with Crippen LogP contribution in [0, 0.1) is 6.92 Å². The number of hydrogen-bond acceptors (Lipinski definition) is 5. The third kappa shape index (κ3) is 5.89. The van der Waals surface area contributed by atoms with Gasteiger partial charge in [-0.2, -0.15) is 0 Å². The predicted octanol–water partition coefficient (Wildman–Crippen LogP) is 3.96. The first-order valence-corrected chi connectivity index (χ1v) is 10.2. The zero-order valence-electron chi connectivity index (χ0n) is 16.4. The van der Waals surface area contributed by atoms with E-state index in [4.69, 9.17) is 4.74 Å². The van der Waals surface area contributed by atoms with Crippen molar-refractivity contribution in [3.63, 3.8) is 0 Å². The van der Waals surface area contributed by atoms with E-state index in [2.05, 4.69) is 15.6 Å². The molecule has 0 aliphatic rings. The summed E-state index contributed by atoms with van der Waals surface area (Å²) in [5, 5.41) is 8.41. The Kier molecular flexibility index (Phi) is 6.97. The van der Waals surface area contributed by atoms with E-state index < -0.39 is 0 Å². The number of nitrogens with one attached hydrogen (secondary N) is 2. The van der Waals surface area contributed by atoms with Crippen molar-refractivity contribution in [3.8, 4) is 5.75 Å². The Hall–Kier alpha value is -3.19. The quantitative estimate of drug-likeness (QED) is 0.590. The van der Waals surface area contributed by atoms with Crippen LogP contribution in [0.5, 0.6) is 5.75 Å². The van der Waals surface area contributed by atoms with Crippen LogP contribution < -0.4 is 15.4 Å². The van der Waals surface area contributed by atoms with Crippen molar-refractivity contribution in [2.45, 2.75) is 26.9 Å². The molecule has 3 rings (SSSR count). The molecule has 1 aromatic heterocycles. The monoisotopic (exact) mass is 409 g/mol. The lowest BCUT2D eigenvalue weighted by atomic mass is 10.1. The van der Waals surface area contributed by atoms with Gasteiger partial charge in [0.25, 0.3) is 5.91 Å². The molecule has 0 spiro atoms. The molecular weight excluding hydrogens is 386 g/mol. The van der Waals surface area contributed by atoms with Gasteiger partial charge in [0.15, 0.2) is 0 Å². The smallest absolute Gasteiger partial charge is 0.251 e. The molecule has 2 amide bonds. The number of aromatic nitrogens is 1. The molecule has 0 unspecified atom stereocenters. The van der Waals surface area contributed by atoms with E-state index in [1.807, 2.05) is 43.5 Å². The topological polar surface area (TPSA) is 80.3 Å². The predicted molar refractivity (Wildman–Crippen MR) is 114 cm³/mol. The Morgan fingerprint density at radius 2 is 1.97 bits per heavy atom. The number of ether oxygens (including phenoxy) is 1. The van der Waals surface area contributed by atoms with Gasteiger partial charge in [-0.05, 0) is 43.2 Å². The van der Waals surface area contributed by atoms with Gasteiger partial charge in [0.05, 0.1) is 17.2 Å². The van der Waals surface area contributed by atoms with Crippen LogP contribution in [-0.2, 0) is 17.8 Å². The van der Waals surface area contributed by atoms with Crippen molar-refractivity contribution >= 4 is 28.8 Å². The summed E-state index contributed by atoms with van der Waals surface area (Å²) in [4.78, 5) is 28.9. The van der Waals surface area contributed by atoms with Crippen molar-refractivity contribution in [2.75, 3.05) is 11.9 Å². The van der Waals surface area contributed by atoms with Gasteiger partial charge in [-0.15, -0.1) is 11.3 Å². The number of rotatable bonds is 8. The summed E-state index contributed by atoms with van der Waals surface area (Å²) in [6.07, 6.45) is 0.816. The number of hydrogen-bond donors (Lipinski definition) is 2. The molecule has 0 saturated carbocycles. The molecule has 3 aromatic rings. The second-order valence-electron chi connectivity index (χ2n) is 6.42. The number of nitrogens with zero attached hydrogens (tertiary/aromatic N) is 1. The average molecular weight is 410 g/mol. The zero-order valence-corrected chi connectivity index (χ0v) is 17.2. The van der Waals surface area contributed by atoms with Crippen LogP contribution in [0.25, 0.3) is 0 Å². The highest BCUT2D eigenvalue weighted by Crippen LogP contribution is 2.17. The van der Waals surface area contributed by atoms with Gasteiger partial charge in [0.2, 0.25) is 5.91 Å². The van der Waals surface area contributed by atoms with Crippen molar-refractivity contribution in [1.29, 1.82) is 0 Å². The molecule has 29 heavy (non-hydrogen) atoms. The fourth-order valence-electron chi connectivity index (χ4n) is 2.77. The first-order chi connectivity index (χ1) is 14.0. The number of aryl methyl sites for hydroxylation is 2. The number of benzene rings is 2. The molecule has 0 saturated heterocycles. The van der Waals surface area contributed by atoms with Crippen molar-refractivity contribution in [2.24, 2.45) is 0 Å². The van der Waals surface area contributed by atoms with E-state index in [-0.39, 0.29) is 18.4 Å². The maximum absolute atomic E-state index is 12.4. The first-order valence-electron chi connectivity index (χ1n) is 9.35. The first kappa shape index (κ1) is 20.5. The number of carbonyl (C=O) groups is 2. The number of para-hydroxylation sites is 1. The standard InChI is InChI=1S/C22H23N3O3S/c1-3-16-7-4-5-10-20(16)25-21(26)12-23-22(27)17-8-6-9-19(11-17)28-13-18-14-29-15(2)24-18/h4-11,14H,3,12-13H2,1-2H3,(H,23,27)(H,25,26). The van der Waals surface area contributed by atoms with Gasteiger partial charge < -0.3 is 15.4 Å². The second-order valence-corrected chi connectivity index (χ2v) is 7.48. The number of amides is 2. The molecule has 1 heterocycles. The molecule has 0 radical (unpaired) electrons. The van der Waals surface area contributed by atoms with Gasteiger partial charge in [-0.3, -0.25) is 9.59 Å². The maximum atomic E-state index is 12.4. The molecular formula is C22H23N3O3S. The minimum atomic E-state index is -0.334. The second kappa shape index (κ2) is 9.84. The molecule has 2 aromatic carbocycles. The third-order valence-electron chi connectivity index (χ3n) is 4.23. The van der Waals surface area contributed by atoms with E-state index >= 15 is 0 Å².